The fourth-order valence-corrected chi connectivity index (χ4v) is 3.06. The summed E-state index contributed by atoms with van der Waals surface area (Å²) in [4.78, 5) is 34.3. The molecule has 0 saturated carbocycles. The number of aliphatic hydroxyl groups is 1. The van der Waals surface area contributed by atoms with Crippen LogP contribution in [0.2, 0.25) is 0 Å². The number of Topliss-reactive ketones (excluding diaryl/α,β-unsaturated/α-hetero) is 1. The van der Waals surface area contributed by atoms with E-state index in [0.29, 0.717) is 25.7 Å². The maximum absolute atomic E-state index is 12.1. The number of hydrogen-bond acceptors (Lipinski definition) is 5. The third-order valence-electron chi connectivity index (χ3n) is 4.73. The van der Waals surface area contributed by atoms with Crippen LogP contribution in [0.25, 0.3) is 0 Å². The maximum atomic E-state index is 12.1. The van der Waals surface area contributed by atoms with Crippen molar-refractivity contribution in [3.05, 3.63) is 48.6 Å². The quantitative estimate of drug-likeness (QED) is 0.283. The molecule has 1 aliphatic rings. The van der Waals surface area contributed by atoms with Crippen molar-refractivity contribution in [1.82, 2.24) is 0 Å². The molecule has 0 spiro atoms. The van der Waals surface area contributed by atoms with Gasteiger partial charge in [-0.1, -0.05) is 49.5 Å². The molecule has 0 bridgehead atoms. The summed E-state index contributed by atoms with van der Waals surface area (Å²) in [7, 11) is 0. The monoisotopic (exact) mass is 402 g/mol. The van der Waals surface area contributed by atoms with E-state index in [-0.39, 0.29) is 30.0 Å². The molecule has 0 aliphatic heterocycles. The van der Waals surface area contributed by atoms with Crippen LogP contribution < -0.4 is 0 Å². The lowest BCUT2D eigenvalue weighted by molar-refractivity contribution is -0.145. The average Bonchev–Trinajstić information content (AvgIpc) is 3.01. The van der Waals surface area contributed by atoms with Crippen LogP contribution in [0.15, 0.2) is 48.6 Å². The van der Waals surface area contributed by atoms with Gasteiger partial charge in [0, 0.05) is 25.2 Å². The summed E-state index contributed by atoms with van der Waals surface area (Å²) >= 11 is 0. The summed E-state index contributed by atoms with van der Waals surface area (Å²) in [5.74, 6) is -0.470. The van der Waals surface area contributed by atoms with E-state index < -0.39 is 11.6 Å². The van der Waals surface area contributed by atoms with Crippen molar-refractivity contribution >= 4 is 17.5 Å². The minimum Gasteiger partial charge on any atom is -0.458 e. The Balaban J connectivity index is 2.38. The van der Waals surface area contributed by atoms with Crippen LogP contribution in [0.1, 0.15) is 59.3 Å². The highest BCUT2D eigenvalue weighted by molar-refractivity contribution is 5.95. The molecule has 1 unspecified atom stereocenters. The van der Waals surface area contributed by atoms with Crippen molar-refractivity contribution in [2.75, 3.05) is 6.61 Å². The molecule has 160 valence electrons. The van der Waals surface area contributed by atoms with Gasteiger partial charge in [-0.3, -0.25) is 14.4 Å². The molecule has 0 heterocycles. The Morgan fingerprint density at radius 3 is 2.69 bits per heavy atom. The van der Waals surface area contributed by atoms with Crippen LogP contribution in [0.5, 0.6) is 0 Å². The second kappa shape index (κ2) is 13.0. The molecule has 0 aromatic heterocycles. The van der Waals surface area contributed by atoms with Crippen molar-refractivity contribution < 1.29 is 24.2 Å². The molecular weight excluding hydrogens is 368 g/mol. The van der Waals surface area contributed by atoms with Crippen LogP contribution in [-0.2, 0) is 19.1 Å². The Labute approximate surface area is 174 Å². The Bertz CT molecular complexity index is 667. The summed E-state index contributed by atoms with van der Waals surface area (Å²) in [5, 5.41) is 10.3. The number of ketones is 2. The normalized spacial score (nSPS) is 21.4. The first kappa shape index (κ1) is 24.8. The van der Waals surface area contributed by atoms with Gasteiger partial charge in [0.15, 0.2) is 11.6 Å². The van der Waals surface area contributed by atoms with E-state index in [0.717, 1.165) is 12.8 Å². The molecule has 5 nitrogen and oxygen atoms in total. The molecule has 29 heavy (non-hydrogen) atoms. The van der Waals surface area contributed by atoms with E-state index in [1.807, 2.05) is 49.5 Å². The fourth-order valence-electron chi connectivity index (χ4n) is 3.06. The molecule has 1 N–H and O–H groups in total. The Morgan fingerprint density at radius 1 is 1.24 bits per heavy atom. The van der Waals surface area contributed by atoms with Gasteiger partial charge in [0.05, 0.1) is 5.60 Å². The van der Waals surface area contributed by atoms with Gasteiger partial charge in [-0.2, -0.15) is 0 Å². The number of rotatable bonds is 13. The molecular formula is C24H34O5. The number of carbonyl (C=O) groups excluding carboxylic acids is 3. The predicted octanol–water partition coefficient (Wildman–Crippen LogP) is 4.27. The standard InChI is InChI=1S/C24H34O5/c1-4-5-16-24(3,28)17-10-11-20-14-15-23(27)22(20)13-9-7-6-8-12-21(26)18-29-19(2)25/h5,7,9-11,14-16,20,22,28H,4,6,8,12-13,17-18H2,1-3H3/t20-,22+,24?/m0/s1. The van der Waals surface area contributed by atoms with Crippen LogP contribution in [0.4, 0.5) is 0 Å². The van der Waals surface area contributed by atoms with E-state index in [4.69, 9.17) is 0 Å². The van der Waals surface area contributed by atoms with Gasteiger partial charge < -0.3 is 9.84 Å². The summed E-state index contributed by atoms with van der Waals surface area (Å²) in [6, 6.07) is 0. The van der Waals surface area contributed by atoms with E-state index in [2.05, 4.69) is 4.74 Å². The molecule has 0 fully saturated rings. The second-order valence-electron chi connectivity index (χ2n) is 7.66. The molecule has 0 aromatic rings. The minimum absolute atomic E-state index is 0.0448. The summed E-state index contributed by atoms with van der Waals surface area (Å²) in [6.45, 7) is 4.92. The van der Waals surface area contributed by atoms with Gasteiger partial charge in [0.2, 0.25) is 0 Å². The van der Waals surface area contributed by atoms with Crippen molar-refractivity contribution in [2.45, 2.75) is 64.9 Å². The van der Waals surface area contributed by atoms with E-state index in [9.17, 15) is 19.5 Å². The van der Waals surface area contributed by atoms with Gasteiger partial charge in [-0.05, 0) is 45.1 Å². The topological polar surface area (TPSA) is 80.7 Å². The maximum Gasteiger partial charge on any atom is 0.303 e. The highest BCUT2D eigenvalue weighted by atomic mass is 16.5. The van der Waals surface area contributed by atoms with Crippen molar-refractivity contribution in [3.8, 4) is 0 Å². The smallest absolute Gasteiger partial charge is 0.303 e. The fraction of sp³-hybridized carbons (Fsp3) is 0.542. The zero-order valence-electron chi connectivity index (χ0n) is 17.8. The van der Waals surface area contributed by atoms with Crippen LogP contribution >= 0.6 is 0 Å². The lowest BCUT2D eigenvalue weighted by Gasteiger charge is -2.17. The number of ether oxygens (including phenoxy) is 1. The second-order valence-corrected chi connectivity index (χ2v) is 7.66. The summed E-state index contributed by atoms with van der Waals surface area (Å²) in [5.41, 5.74) is -0.874. The number of allylic oxidation sites excluding steroid dienone is 6. The lowest BCUT2D eigenvalue weighted by Crippen LogP contribution is -2.19. The first-order valence-corrected chi connectivity index (χ1v) is 10.3. The highest BCUT2D eigenvalue weighted by Gasteiger charge is 2.27. The summed E-state index contributed by atoms with van der Waals surface area (Å²) < 4.78 is 4.67. The zero-order valence-corrected chi connectivity index (χ0v) is 17.8. The zero-order chi connectivity index (χ0) is 21.7. The van der Waals surface area contributed by atoms with Gasteiger partial charge in [0.1, 0.15) is 6.61 Å². The summed E-state index contributed by atoms with van der Waals surface area (Å²) in [6.07, 6.45) is 19.1. The van der Waals surface area contributed by atoms with Gasteiger partial charge in [-0.25, -0.2) is 0 Å². The van der Waals surface area contributed by atoms with Gasteiger partial charge in [-0.15, -0.1) is 0 Å². The largest absolute Gasteiger partial charge is 0.458 e. The third-order valence-corrected chi connectivity index (χ3v) is 4.73. The Morgan fingerprint density at radius 2 is 2.00 bits per heavy atom. The lowest BCUT2D eigenvalue weighted by atomic mass is 9.90. The average molecular weight is 403 g/mol. The minimum atomic E-state index is -0.874. The molecule has 0 saturated heterocycles. The van der Waals surface area contributed by atoms with Crippen LogP contribution in [0.3, 0.4) is 0 Å². The molecule has 0 amide bonds. The first-order chi connectivity index (χ1) is 13.7. The van der Waals surface area contributed by atoms with Gasteiger partial charge >= 0.3 is 5.97 Å². The predicted molar refractivity (Wildman–Crippen MR) is 114 cm³/mol. The highest BCUT2D eigenvalue weighted by Crippen LogP contribution is 2.28. The van der Waals surface area contributed by atoms with Crippen molar-refractivity contribution in [1.29, 1.82) is 0 Å². The van der Waals surface area contributed by atoms with Crippen LogP contribution in [-0.4, -0.2) is 34.9 Å². The molecule has 1 rings (SSSR count). The third kappa shape index (κ3) is 10.7. The number of esters is 1. The Hall–Kier alpha value is -2.27. The molecule has 5 heteroatoms. The van der Waals surface area contributed by atoms with Crippen molar-refractivity contribution in [2.24, 2.45) is 11.8 Å². The van der Waals surface area contributed by atoms with Gasteiger partial charge in [0.25, 0.3) is 0 Å². The number of unbranched alkanes of at least 4 members (excludes halogenated alkanes) is 1. The number of hydrogen-bond donors (Lipinski definition) is 1. The first-order valence-electron chi connectivity index (χ1n) is 10.3. The van der Waals surface area contributed by atoms with E-state index in [1.54, 1.807) is 13.0 Å². The van der Waals surface area contributed by atoms with Crippen LogP contribution in [0, 0.1) is 11.8 Å². The van der Waals surface area contributed by atoms with E-state index >= 15 is 0 Å². The molecule has 0 aromatic carbocycles. The molecule has 0 radical (unpaired) electrons. The molecule has 1 aliphatic carbocycles. The van der Waals surface area contributed by atoms with Crippen molar-refractivity contribution in [3.63, 3.8) is 0 Å². The Kier molecular flexibility index (Phi) is 11.1. The SMILES string of the molecule is CCC=CC(C)(O)CC=C[C@H]1C=CC(=O)[C@@H]1CC=CCCCC(=O)COC(C)=O. The number of carbonyl (C=O) groups is 3. The molecule has 3 atom stereocenters. The van der Waals surface area contributed by atoms with E-state index in [1.165, 1.54) is 6.92 Å².